The van der Waals surface area contributed by atoms with Crippen LogP contribution in [0.3, 0.4) is 0 Å². The van der Waals surface area contributed by atoms with Crippen molar-refractivity contribution in [2.75, 3.05) is 6.26 Å². The van der Waals surface area contributed by atoms with Crippen LogP contribution in [0.15, 0.2) is 23.1 Å². The minimum atomic E-state index is -0.302. The molecule has 0 aromatic heterocycles. The fourth-order valence-electron chi connectivity index (χ4n) is 0.956. The number of hydrogen-bond donors (Lipinski definition) is 0. The first-order valence-electron chi connectivity index (χ1n) is 3.49. The van der Waals surface area contributed by atoms with E-state index in [1.165, 1.54) is 36.9 Å². The molecule has 0 aliphatic heterocycles. The molecule has 0 saturated carbocycles. The van der Waals surface area contributed by atoms with Gasteiger partial charge in [0, 0.05) is 10.5 Å². The van der Waals surface area contributed by atoms with Gasteiger partial charge in [0.15, 0.2) is 5.78 Å². The highest BCUT2D eigenvalue weighted by Gasteiger charge is 2.06. The van der Waals surface area contributed by atoms with E-state index in [0.29, 0.717) is 10.5 Å². The summed E-state index contributed by atoms with van der Waals surface area (Å²) in [5, 5.41) is 0. The molecule has 1 nitrogen and oxygen atoms in total. The van der Waals surface area contributed by atoms with Gasteiger partial charge in [-0.3, -0.25) is 4.79 Å². The predicted octanol–water partition coefficient (Wildman–Crippen LogP) is 2.75. The van der Waals surface area contributed by atoms with Crippen molar-refractivity contribution in [1.82, 2.24) is 0 Å². The van der Waals surface area contributed by atoms with E-state index in [2.05, 4.69) is 0 Å². The van der Waals surface area contributed by atoms with Crippen LogP contribution in [0.1, 0.15) is 17.3 Å². The average molecular weight is 184 g/mol. The van der Waals surface area contributed by atoms with E-state index in [-0.39, 0.29) is 11.6 Å². The van der Waals surface area contributed by atoms with E-state index in [1.807, 2.05) is 6.26 Å². The van der Waals surface area contributed by atoms with Crippen molar-refractivity contribution in [2.24, 2.45) is 0 Å². The fraction of sp³-hybridized carbons (Fsp3) is 0.222. The molecule has 0 fully saturated rings. The van der Waals surface area contributed by atoms with Crippen molar-refractivity contribution in [1.29, 1.82) is 0 Å². The Hall–Kier alpha value is -0.830. The normalized spacial score (nSPS) is 9.92. The Morgan fingerprint density at radius 1 is 1.50 bits per heavy atom. The lowest BCUT2D eigenvalue weighted by Crippen LogP contribution is -1.95. The molecule has 1 aromatic carbocycles. The molecule has 0 radical (unpaired) electrons. The van der Waals surface area contributed by atoms with Gasteiger partial charge in [0.1, 0.15) is 5.82 Å². The highest BCUT2D eigenvalue weighted by Crippen LogP contribution is 2.21. The summed E-state index contributed by atoms with van der Waals surface area (Å²) >= 11 is 1.38. The maximum absolute atomic E-state index is 12.7. The minimum absolute atomic E-state index is 0.0284. The Kier molecular flexibility index (Phi) is 2.87. The molecule has 0 atom stereocenters. The second kappa shape index (κ2) is 3.72. The van der Waals surface area contributed by atoms with E-state index >= 15 is 0 Å². The average Bonchev–Trinajstić information content (AvgIpc) is 2.03. The summed E-state index contributed by atoms with van der Waals surface area (Å²) in [5.41, 5.74) is 0.587. The van der Waals surface area contributed by atoms with Crippen molar-refractivity contribution in [2.45, 2.75) is 11.8 Å². The lowest BCUT2D eigenvalue weighted by atomic mass is 10.1. The smallest absolute Gasteiger partial charge is 0.160 e. The maximum Gasteiger partial charge on any atom is 0.160 e. The monoisotopic (exact) mass is 184 g/mol. The molecule has 0 aliphatic carbocycles. The standard InChI is InChI=1S/C9H9FOS/c1-6(11)8-4-3-7(10)5-9(8)12-2/h3-5H,1-2H3. The Bertz CT molecular complexity index is 309. The van der Waals surface area contributed by atoms with Crippen molar-refractivity contribution >= 4 is 17.5 Å². The Morgan fingerprint density at radius 3 is 2.67 bits per heavy atom. The molecule has 12 heavy (non-hydrogen) atoms. The number of hydrogen-bond acceptors (Lipinski definition) is 2. The molecule has 64 valence electrons. The summed E-state index contributed by atoms with van der Waals surface area (Å²) in [6.07, 6.45) is 1.82. The molecule has 0 spiro atoms. The van der Waals surface area contributed by atoms with Crippen molar-refractivity contribution in [3.8, 4) is 0 Å². The summed E-state index contributed by atoms with van der Waals surface area (Å²) in [7, 11) is 0. The van der Waals surface area contributed by atoms with Gasteiger partial charge >= 0.3 is 0 Å². The molecule has 1 aromatic rings. The topological polar surface area (TPSA) is 17.1 Å². The first kappa shape index (κ1) is 9.26. The predicted molar refractivity (Wildman–Crippen MR) is 48.2 cm³/mol. The molecule has 0 unspecified atom stereocenters. The van der Waals surface area contributed by atoms with Crippen molar-refractivity contribution in [3.63, 3.8) is 0 Å². The maximum atomic E-state index is 12.7. The summed E-state index contributed by atoms with van der Waals surface area (Å²) in [6.45, 7) is 1.48. The summed E-state index contributed by atoms with van der Waals surface area (Å²) in [5.74, 6) is -0.330. The molecule has 3 heteroatoms. The van der Waals surface area contributed by atoms with Gasteiger partial charge in [0.25, 0.3) is 0 Å². The van der Waals surface area contributed by atoms with Crippen LogP contribution < -0.4 is 0 Å². The second-order valence-electron chi connectivity index (χ2n) is 2.40. The first-order chi connectivity index (χ1) is 5.65. The third-order valence-corrected chi connectivity index (χ3v) is 2.32. The van der Waals surface area contributed by atoms with Crippen LogP contribution in [0.5, 0.6) is 0 Å². The number of halogens is 1. The highest BCUT2D eigenvalue weighted by molar-refractivity contribution is 7.98. The van der Waals surface area contributed by atoms with Crippen LogP contribution in [-0.2, 0) is 0 Å². The summed E-state index contributed by atoms with van der Waals surface area (Å²) in [4.78, 5) is 11.7. The van der Waals surface area contributed by atoms with Crippen molar-refractivity contribution in [3.05, 3.63) is 29.6 Å². The zero-order valence-electron chi connectivity index (χ0n) is 6.93. The molecule has 0 saturated heterocycles. The SMILES string of the molecule is CSc1cc(F)ccc1C(C)=O. The zero-order chi connectivity index (χ0) is 9.14. The molecular formula is C9H9FOS. The number of rotatable bonds is 2. The number of thioether (sulfide) groups is 1. The van der Waals surface area contributed by atoms with Gasteiger partial charge in [0.2, 0.25) is 0 Å². The van der Waals surface area contributed by atoms with Crippen LogP contribution >= 0.6 is 11.8 Å². The fourth-order valence-corrected chi connectivity index (χ4v) is 1.62. The van der Waals surface area contributed by atoms with Crippen LogP contribution in [0.25, 0.3) is 0 Å². The molecule has 0 aliphatic rings. The molecule has 0 amide bonds. The number of carbonyl (C=O) groups is 1. The Labute approximate surface area is 75.0 Å². The number of ketones is 1. The van der Waals surface area contributed by atoms with E-state index in [1.54, 1.807) is 0 Å². The molecule has 0 heterocycles. The van der Waals surface area contributed by atoms with Gasteiger partial charge in [-0.15, -0.1) is 11.8 Å². The molecule has 1 rings (SSSR count). The molecule has 0 bridgehead atoms. The van der Waals surface area contributed by atoms with Gasteiger partial charge in [-0.05, 0) is 31.4 Å². The van der Waals surface area contributed by atoms with E-state index in [0.717, 1.165) is 0 Å². The van der Waals surface area contributed by atoms with E-state index < -0.39 is 0 Å². The first-order valence-corrected chi connectivity index (χ1v) is 4.72. The van der Waals surface area contributed by atoms with E-state index in [4.69, 9.17) is 0 Å². The lowest BCUT2D eigenvalue weighted by Gasteiger charge is -2.02. The largest absolute Gasteiger partial charge is 0.294 e. The number of carbonyl (C=O) groups excluding carboxylic acids is 1. The van der Waals surface area contributed by atoms with Crippen molar-refractivity contribution < 1.29 is 9.18 Å². The van der Waals surface area contributed by atoms with Crippen LogP contribution in [0, 0.1) is 5.82 Å². The van der Waals surface area contributed by atoms with Gasteiger partial charge in [0.05, 0.1) is 0 Å². The van der Waals surface area contributed by atoms with Gasteiger partial charge in [-0.1, -0.05) is 0 Å². The summed E-state index contributed by atoms with van der Waals surface area (Å²) in [6, 6.07) is 4.20. The zero-order valence-corrected chi connectivity index (χ0v) is 7.74. The van der Waals surface area contributed by atoms with Crippen LogP contribution in [0.2, 0.25) is 0 Å². The molecule has 0 N–H and O–H groups in total. The minimum Gasteiger partial charge on any atom is -0.294 e. The molecular weight excluding hydrogens is 175 g/mol. The highest BCUT2D eigenvalue weighted by atomic mass is 32.2. The van der Waals surface area contributed by atoms with Gasteiger partial charge in [-0.25, -0.2) is 4.39 Å². The quantitative estimate of drug-likeness (QED) is 0.519. The lowest BCUT2D eigenvalue weighted by molar-refractivity contribution is 0.101. The summed E-state index contributed by atoms with van der Waals surface area (Å²) < 4.78 is 12.7. The number of benzene rings is 1. The Morgan fingerprint density at radius 2 is 2.17 bits per heavy atom. The van der Waals surface area contributed by atoms with E-state index in [9.17, 15) is 9.18 Å². The third-order valence-electron chi connectivity index (χ3n) is 1.54. The third kappa shape index (κ3) is 1.85. The van der Waals surface area contributed by atoms with Gasteiger partial charge < -0.3 is 0 Å². The van der Waals surface area contributed by atoms with Gasteiger partial charge in [-0.2, -0.15) is 0 Å². The number of Topliss-reactive ketones (excluding diaryl/α,β-unsaturated/α-hetero) is 1. The van der Waals surface area contributed by atoms with Crippen LogP contribution in [0.4, 0.5) is 4.39 Å². The Balaban J connectivity index is 3.20. The van der Waals surface area contributed by atoms with Crippen LogP contribution in [-0.4, -0.2) is 12.0 Å². The second-order valence-corrected chi connectivity index (χ2v) is 3.25.